The van der Waals surface area contributed by atoms with Crippen molar-refractivity contribution in [1.82, 2.24) is 19.7 Å². The molecule has 0 aromatic carbocycles. The standard InChI is InChI=1S/C15H21N5/c1-11-9-12(2)17-15(16-11)20-7-4-5-13(10-20)14-6-8-19(3)18-14/h6,8-9,13H,4-5,7,10H2,1-3H3. The molecule has 2 aromatic rings. The Bertz CT molecular complexity index is 584. The lowest BCUT2D eigenvalue weighted by atomic mass is 9.95. The number of rotatable bonds is 2. The summed E-state index contributed by atoms with van der Waals surface area (Å²) in [6, 6.07) is 4.14. The highest BCUT2D eigenvalue weighted by atomic mass is 15.3. The highest BCUT2D eigenvalue weighted by Crippen LogP contribution is 2.27. The fourth-order valence-corrected chi connectivity index (χ4v) is 2.90. The average Bonchev–Trinajstić information content (AvgIpc) is 2.85. The number of hydrogen-bond donors (Lipinski definition) is 0. The van der Waals surface area contributed by atoms with Crippen molar-refractivity contribution < 1.29 is 0 Å². The minimum absolute atomic E-state index is 0.481. The largest absolute Gasteiger partial charge is 0.340 e. The quantitative estimate of drug-likeness (QED) is 0.840. The van der Waals surface area contributed by atoms with Crippen LogP contribution in [0.15, 0.2) is 18.3 Å². The van der Waals surface area contributed by atoms with Crippen LogP contribution >= 0.6 is 0 Å². The van der Waals surface area contributed by atoms with Crippen LogP contribution in [0.3, 0.4) is 0 Å². The van der Waals surface area contributed by atoms with Crippen LogP contribution in [0.25, 0.3) is 0 Å². The van der Waals surface area contributed by atoms with Crippen molar-refractivity contribution in [2.45, 2.75) is 32.6 Å². The molecule has 1 saturated heterocycles. The van der Waals surface area contributed by atoms with Gasteiger partial charge in [-0.2, -0.15) is 5.10 Å². The van der Waals surface area contributed by atoms with Gasteiger partial charge < -0.3 is 4.90 Å². The van der Waals surface area contributed by atoms with Crippen LogP contribution in [-0.2, 0) is 7.05 Å². The van der Waals surface area contributed by atoms with E-state index >= 15 is 0 Å². The van der Waals surface area contributed by atoms with E-state index in [9.17, 15) is 0 Å². The molecule has 1 atom stereocenters. The number of aromatic nitrogens is 4. The summed E-state index contributed by atoms with van der Waals surface area (Å²) in [5.74, 6) is 1.34. The second-order valence-electron chi connectivity index (χ2n) is 5.65. The van der Waals surface area contributed by atoms with Crippen molar-refractivity contribution in [2.24, 2.45) is 7.05 Å². The van der Waals surface area contributed by atoms with E-state index in [4.69, 9.17) is 0 Å². The van der Waals surface area contributed by atoms with Gasteiger partial charge in [0.2, 0.25) is 5.95 Å². The molecule has 0 radical (unpaired) electrons. The average molecular weight is 271 g/mol. The van der Waals surface area contributed by atoms with E-state index in [1.54, 1.807) is 0 Å². The Morgan fingerprint density at radius 3 is 2.60 bits per heavy atom. The maximum absolute atomic E-state index is 4.58. The van der Waals surface area contributed by atoms with Crippen LogP contribution in [0.4, 0.5) is 5.95 Å². The second-order valence-corrected chi connectivity index (χ2v) is 5.65. The van der Waals surface area contributed by atoms with Gasteiger partial charge in [-0.15, -0.1) is 0 Å². The van der Waals surface area contributed by atoms with Gasteiger partial charge >= 0.3 is 0 Å². The normalized spacial score (nSPS) is 19.4. The number of piperidine rings is 1. The summed E-state index contributed by atoms with van der Waals surface area (Å²) in [6.45, 7) is 6.04. The van der Waals surface area contributed by atoms with Gasteiger partial charge in [0.15, 0.2) is 0 Å². The van der Waals surface area contributed by atoms with Crippen LogP contribution in [0, 0.1) is 13.8 Å². The summed E-state index contributed by atoms with van der Waals surface area (Å²) >= 11 is 0. The Hall–Kier alpha value is -1.91. The fourth-order valence-electron chi connectivity index (χ4n) is 2.90. The molecule has 1 aliphatic heterocycles. The maximum Gasteiger partial charge on any atom is 0.225 e. The van der Waals surface area contributed by atoms with Crippen LogP contribution in [0.2, 0.25) is 0 Å². The monoisotopic (exact) mass is 271 g/mol. The summed E-state index contributed by atoms with van der Waals surface area (Å²) in [5, 5.41) is 4.55. The molecule has 0 N–H and O–H groups in total. The van der Waals surface area contributed by atoms with Crippen molar-refractivity contribution in [1.29, 1.82) is 0 Å². The summed E-state index contributed by atoms with van der Waals surface area (Å²) in [7, 11) is 1.97. The van der Waals surface area contributed by atoms with Crippen LogP contribution in [0.5, 0.6) is 0 Å². The first-order valence-electron chi connectivity index (χ1n) is 7.18. The first-order valence-corrected chi connectivity index (χ1v) is 7.18. The molecule has 1 fully saturated rings. The molecule has 0 amide bonds. The van der Waals surface area contributed by atoms with Crippen molar-refractivity contribution in [2.75, 3.05) is 18.0 Å². The first-order chi connectivity index (χ1) is 9.61. The van der Waals surface area contributed by atoms with E-state index in [0.29, 0.717) is 5.92 Å². The fraction of sp³-hybridized carbons (Fsp3) is 0.533. The Morgan fingerprint density at radius 2 is 1.95 bits per heavy atom. The molecule has 5 heteroatoms. The van der Waals surface area contributed by atoms with Gasteiger partial charge in [-0.05, 0) is 38.8 Å². The van der Waals surface area contributed by atoms with E-state index in [1.165, 1.54) is 12.1 Å². The third-order valence-corrected chi connectivity index (χ3v) is 3.83. The van der Waals surface area contributed by atoms with Gasteiger partial charge in [0.05, 0.1) is 5.69 Å². The van der Waals surface area contributed by atoms with E-state index in [-0.39, 0.29) is 0 Å². The van der Waals surface area contributed by atoms with Crippen molar-refractivity contribution >= 4 is 5.95 Å². The SMILES string of the molecule is Cc1cc(C)nc(N2CCCC(c3ccn(C)n3)C2)n1. The molecular formula is C15H21N5. The third kappa shape index (κ3) is 2.66. The van der Waals surface area contributed by atoms with Gasteiger partial charge in [-0.25, -0.2) is 9.97 Å². The van der Waals surface area contributed by atoms with E-state index < -0.39 is 0 Å². The molecule has 106 valence electrons. The molecule has 0 bridgehead atoms. The number of nitrogens with zero attached hydrogens (tertiary/aromatic N) is 5. The van der Waals surface area contributed by atoms with Crippen molar-refractivity contribution in [3.05, 3.63) is 35.4 Å². The first kappa shape index (κ1) is 13.1. The third-order valence-electron chi connectivity index (χ3n) is 3.83. The van der Waals surface area contributed by atoms with Gasteiger partial charge in [0.1, 0.15) is 0 Å². The maximum atomic E-state index is 4.58. The van der Waals surface area contributed by atoms with Crippen LogP contribution < -0.4 is 4.90 Å². The van der Waals surface area contributed by atoms with Crippen molar-refractivity contribution in [3.8, 4) is 0 Å². The highest BCUT2D eigenvalue weighted by molar-refractivity contribution is 5.34. The number of hydrogen-bond acceptors (Lipinski definition) is 4. The van der Waals surface area contributed by atoms with Crippen LogP contribution in [-0.4, -0.2) is 32.8 Å². The summed E-state index contributed by atoms with van der Waals surface area (Å²) < 4.78 is 1.88. The predicted molar refractivity (Wildman–Crippen MR) is 78.9 cm³/mol. The smallest absolute Gasteiger partial charge is 0.225 e. The van der Waals surface area contributed by atoms with E-state index in [2.05, 4.69) is 26.0 Å². The van der Waals surface area contributed by atoms with Crippen molar-refractivity contribution in [3.63, 3.8) is 0 Å². The predicted octanol–water partition coefficient (Wildman–Crippen LogP) is 2.21. The molecule has 2 aromatic heterocycles. The lowest BCUT2D eigenvalue weighted by molar-refractivity contribution is 0.490. The molecule has 3 rings (SSSR count). The van der Waals surface area contributed by atoms with Gasteiger partial charge in [-0.3, -0.25) is 4.68 Å². The second kappa shape index (κ2) is 5.23. The molecule has 3 heterocycles. The van der Waals surface area contributed by atoms with E-state index in [0.717, 1.165) is 36.8 Å². The molecule has 1 aliphatic rings. The van der Waals surface area contributed by atoms with Gasteiger partial charge in [-0.1, -0.05) is 0 Å². The molecule has 1 unspecified atom stereocenters. The lowest BCUT2D eigenvalue weighted by Gasteiger charge is -2.32. The zero-order valence-electron chi connectivity index (χ0n) is 12.4. The highest BCUT2D eigenvalue weighted by Gasteiger charge is 2.24. The Kier molecular flexibility index (Phi) is 3.42. The van der Waals surface area contributed by atoms with Gasteiger partial charge in [0, 0.05) is 43.6 Å². The zero-order chi connectivity index (χ0) is 14.1. The Labute approximate surface area is 119 Å². The van der Waals surface area contributed by atoms with Gasteiger partial charge in [0.25, 0.3) is 0 Å². The zero-order valence-corrected chi connectivity index (χ0v) is 12.4. The Balaban J connectivity index is 1.81. The molecular weight excluding hydrogens is 250 g/mol. The summed E-state index contributed by atoms with van der Waals surface area (Å²) in [6.07, 6.45) is 4.37. The topological polar surface area (TPSA) is 46.8 Å². The van der Waals surface area contributed by atoms with Crippen LogP contribution in [0.1, 0.15) is 35.8 Å². The Morgan fingerprint density at radius 1 is 1.20 bits per heavy atom. The minimum atomic E-state index is 0.481. The lowest BCUT2D eigenvalue weighted by Crippen LogP contribution is -2.36. The number of anilines is 1. The molecule has 0 spiro atoms. The minimum Gasteiger partial charge on any atom is -0.340 e. The summed E-state index contributed by atoms with van der Waals surface area (Å²) in [4.78, 5) is 11.5. The molecule has 0 aliphatic carbocycles. The summed E-state index contributed by atoms with van der Waals surface area (Å²) in [5.41, 5.74) is 3.25. The molecule has 5 nitrogen and oxygen atoms in total. The van der Waals surface area contributed by atoms with E-state index in [1.807, 2.05) is 37.8 Å². The number of aryl methyl sites for hydroxylation is 3. The molecule has 20 heavy (non-hydrogen) atoms. The molecule has 0 saturated carbocycles.